The molecular weight excluding hydrogens is 288 g/mol. The van der Waals surface area contributed by atoms with Crippen LogP contribution in [0, 0.1) is 0 Å². The first kappa shape index (κ1) is 16.1. The summed E-state index contributed by atoms with van der Waals surface area (Å²) in [6.07, 6.45) is 2.27. The Hall–Kier alpha value is -1.26. The van der Waals surface area contributed by atoms with Crippen LogP contribution in [0.5, 0.6) is 5.75 Å². The maximum Gasteiger partial charge on any atom is 0.263 e. The fourth-order valence-electron chi connectivity index (χ4n) is 2.61. The van der Waals surface area contributed by atoms with Crippen LogP contribution in [0.25, 0.3) is 0 Å². The standard InChI is InChI=1S/C16H23ClN2O2/c1-11(18)10-13-6-5-7-14(17)15(13)21-12(2)16(20)19-8-3-4-9-19/h5-7,11-12H,3-4,8-10,18H2,1-2H3. The topological polar surface area (TPSA) is 55.6 Å². The van der Waals surface area contributed by atoms with Crippen molar-refractivity contribution in [1.82, 2.24) is 4.90 Å². The number of carbonyl (C=O) groups is 1. The van der Waals surface area contributed by atoms with Crippen molar-refractivity contribution in [3.05, 3.63) is 28.8 Å². The largest absolute Gasteiger partial charge is 0.479 e. The summed E-state index contributed by atoms with van der Waals surface area (Å²) in [7, 11) is 0. The van der Waals surface area contributed by atoms with Crippen molar-refractivity contribution < 1.29 is 9.53 Å². The average molecular weight is 311 g/mol. The van der Waals surface area contributed by atoms with Gasteiger partial charge in [0.15, 0.2) is 6.10 Å². The van der Waals surface area contributed by atoms with Gasteiger partial charge in [-0.15, -0.1) is 0 Å². The molecule has 2 N–H and O–H groups in total. The van der Waals surface area contributed by atoms with Crippen molar-refractivity contribution in [3.8, 4) is 5.75 Å². The second-order valence-corrected chi connectivity index (χ2v) is 6.11. The zero-order chi connectivity index (χ0) is 15.4. The van der Waals surface area contributed by atoms with Gasteiger partial charge in [0.2, 0.25) is 0 Å². The summed E-state index contributed by atoms with van der Waals surface area (Å²) in [5, 5.41) is 0.522. The smallest absolute Gasteiger partial charge is 0.263 e. The first-order valence-electron chi connectivity index (χ1n) is 7.47. The quantitative estimate of drug-likeness (QED) is 0.909. The molecule has 2 unspecified atom stereocenters. The maximum atomic E-state index is 12.3. The molecule has 0 bridgehead atoms. The lowest BCUT2D eigenvalue weighted by atomic mass is 10.1. The number of rotatable bonds is 5. The summed E-state index contributed by atoms with van der Waals surface area (Å²) in [6.45, 7) is 5.35. The average Bonchev–Trinajstić information content (AvgIpc) is 2.95. The second-order valence-electron chi connectivity index (χ2n) is 5.70. The van der Waals surface area contributed by atoms with Gasteiger partial charge in [0.25, 0.3) is 5.91 Å². The molecule has 1 saturated heterocycles. The van der Waals surface area contributed by atoms with Crippen LogP contribution in [-0.4, -0.2) is 36.0 Å². The molecule has 0 aromatic heterocycles. The van der Waals surface area contributed by atoms with Crippen LogP contribution in [-0.2, 0) is 11.2 Å². The molecule has 1 aliphatic rings. The van der Waals surface area contributed by atoms with E-state index in [0.717, 1.165) is 31.5 Å². The van der Waals surface area contributed by atoms with E-state index in [1.807, 2.05) is 24.0 Å². The van der Waals surface area contributed by atoms with Gasteiger partial charge >= 0.3 is 0 Å². The minimum Gasteiger partial charge on any atom is -0.479 e. The third-order valence-electron chi connectivity index (χ3n) is 3.65. The Bertz CT molecular complexity index is 499. The molecule has 1 aliphatic heterocycles. The van der Waals surface area contributed by atoms with Gasteiger partial charge in [-0.05, 0) is 44.7 Å². The molecular formula is C16H23ClN2O2. The molecule has 1 heterocycles. The van der Waals surface area contributed by atoms with Crippen LogP contribution >= 0.6 is 11.6 Å². The van der Waals surface area contributed by atoms with Crippen molar-refractivity contribution in [2.75, 3.05) is 13.1 Å². The Labute approximate surface area is 131 Å². The van der Waals surface area contributed by atoms with E-state index >= 15 is 0 Å². The zero-order valence-corrected chi connectivity index (χ0v) is 13.4. The number of hydrogen-bond acceptors (Lipinski definition) is 3. The lowest BCUT2D eigenvalue weighted by molar-refractivity contribution is -0.136. The van der Waals surface area contributed by atoms with E-state index in [1.54, 1.807) is 13.0 Å². The number of amides is 1. The van der Waals surface area contributed by atoms with Gasteiger partial charge < -0.3 is 15.4 Å². The zero-order valence-electron chi connectivity index (χ0n) is 12.6. The SMILES string of the molecule is CC(N)Cc1cccc(Cl)c1OC(C)C(=O)N1CCCC1. The fourth-order valence-corrected chi connectivity index (χ4v) is 2.85. The number of nitrogens with two attached hydrogens (primary N) is 1. The second kappa shape index (κ2) is 7.14. The predicted molar refractivity (Wildman–Crippen MR) is 84.7 cm³/mol. The van der Waals surface area contributed by atoms with Gasteiger partial charge in [-0.3, -0.25) is 4.79 Å². The third kappa shape index (κ3) is 4.11. The van der Waals surface area contributed by atoms with Crippen molar-refractivity contribution in [1.29, 1.82) is 0 Å². The lowest BCUT2D eigenvalue weighted by Gasteiger charge is -2.23. The van der Waals surface area contributed by atoms with Crippen LogP contribution in [0.2, 0.25) is 5.02 Å². The minimum absolute atomic E-state index is 0.00964. The van der Waals surface area contributed by atoms with Crippen molar-refractivity contribution >= 4 is 17.5 Å². The molecule has 1 amide bonds. The number of carbonyl (C=O) groups excluding carboxylic acids is 1. The minimum atomic E-state index is -0.533. The van der Waals surface area contributed by atoms with Gasteiger partial charge in [0, 0.05) is 19.1 Å². The predicted octanol–water partition coefficient (Wildman–Crippen LogP) is 2.62. The van der Waals surface area contributed by atoms with E-state index in [0.29, 0.717) is 17.2 Å². The summed E-state index contributed by atoms with van der Waals surface area (Å²) in [5.41, 5.74) is 6.80. The number of halogens is 1. The Kier molecular flexibility index (Phi) is 5.48. The van der Waals surface area contributed by atoms with Crippen LogP contribution in [0.3, 0.4) is 0 Å². The van der Waals surface area contributed by atoms with E-state index in [1.165, 1.54) is 0 Å². The molecule has 0 radical (unpaired) electrons. The van der Waals surface area contributed by atoms with Crippen LogP contribution in [0.15, 0.2) is 18.2 Å². The molecule has 4 nitrogen and oxygen atoms in total. The monoisotopic (exact) mass is 310 g/mol. The van der Waals surface area contributed by atoms with Crippen molar-refractivity contribution in [3.63, 3.8) is 0 Å². The van der Waals surface area contributed by atoms with E-state index in [-0.39, 0.29) is 11.9 Å². The molecule has 1 fully saturated rings. The van der Waals surface area contributed by atoms with Crippen LogP contribution < -0.4 is 10.5 Å². The molecule has 0 saturated carbocycles. The molecule has 1 aromatic rings. The fraction of sp³-hybridized carbons (Fsp3) is 0.562. The summed E-state index contributed by atoms with van der Waals surface area (Å²) >= 11 is 6.23. The summed E-state index contributed by atoms with van der Waals surface area (Å²) in [6, 6.07) is 5.60. The van der Waals surface area contributed by atoms with E-state index < -0.39 is 6.10 Å². The Morgan fingerprint density at radius 2 is 2.05 bits per heavy atom. The van der Waals surface area contributed by atoms with Crippen LogP contribution in [0.1, 0.15) is 32.3 Å². The molecule has 1 aromatic carbocycles. The van der Waals surface area contributed by atoms with Crippen LogP contribution in [0.4, 0.5) is 0 Å². The number of nitrogens with zero attached hydrogens (tertiary/aromatic N) is 1. The number of hydrogen-bond donors (Lipinski definition) is 1. The number of ether oxygens (including phenoxy) is 1. The summed E-state index contributed by atoms with van der Waals surface area (Å²) in [4.78, 5) is 14.2. The molecule has 21 heavy (non-hydrogen) atoms. The van der Waals surface area contributed by atoms with Gasteiger partial charge in [-0.25, -0.2) is 0 Å². The summed E-state index contributed by atoms with van der Waals surface area (Å²) in [5.74, 6) is 0.607. The van der Waals surface area contributed by atoms with E-state index in [4.69, 9.17) is 22.1 Å². The van der Waals surface area contributed by atoms with Gasteiger partial charge in [-0.1, -0.05) is 23.7 Å². The molecule has 116 valence electrons. The van der Waals surface area contributed by atoms with Gasteiger partial charge in [0.05, 0.1) is 5.02 Å². The summed E-state index contributed by atoms with van der Waals surface area (Å²) < 4.78 is 5.87. The lowest BCUT2D eigenvalue weighted by Crippen LogP contribution is -2.38. The van der Waals surface area contributed by atoms with Gasteiger partial charge in [-0.2, -0.15) is 0 Å². The third-order valence-corrected chi connectivity index (χ3v) is 3.95. The molecule has 0 aliphatic carbocycles. The molecule has 0 spiro atoms. The molecule has 2 atom stereocenters. The van der Waals surface area contributed by atoms with E-state index in [9.17, 15) is 4.79 Å². The maximum absolute atomic E-state index is 12.3. The first-order chi connectivity index (χ1) is 9.99. The van der Waals surface area contributed by atoms with Crippen molar-refractivity contribution in [2.45, 2.75) is 45.3 Å². The normalized spacial score (nSPS) is 17.6. The molecule has 2 rings (SSSR count). The van der Waals surface area contributed by atoms with Gasteiger partial charge in [0.1, 0.15) is 5.75 Å². The highest BCUT2D eigenvalue weighted by Crippen LogP contribution is 2.30. The van der Waals surface area contributed by atoms with Crippen molar-refractivity contribution in [2.24, 2.45) is 5.73 Å². The highest BCUT2D eigenvalue weighted by Gasteiger charge is 2.25. The Balaban J connectivity index is 2.12. The Morgan fingerprint density at radius 1 is 1.38 bits per heavy atom. The number of benzene rings is 1. The number of para-hydroxylation sites is 1. The first-order valence-corrected chi connectivity index (χ1v) is 7.85. The molecule has 5 heteroatoms. The highest BCUT2D eigenvalue weighted by molar-refractivity contribution is 6.32. The van der Waals surface area contributed by atoms with E-state index in [2.05, 4.69) is 0 Å². The Morgan fingerprint density at radius 3 is 2.67 bits per heavy atom. The number of likely N-dealkylation sites (tertiary alicyclic amines) is 1. The highest BCUT2D eigenvalue weighted by atomic mass is 35.5.